The normalized spacial score (nSPS) is 15.2. The van der Waals surface area contributed by atoms with Crippen LogP contribution in [-0.4, -0.2) is 65.3 Å². The summed E-state index contributed by atoms with van der Waals surface area (Å²) in [6.07, 6.45) is -3.17. The van der Waals surface area contributed by atoms with Gasteiger partial charge in [0.1, 0.15) is 17.1 Å². The maximum Gasteiger partial charge on any atom is 0.573 e. The van der Waals surface area contributed by atoms with Gasteiger partial charge in [0, 0.05) is 26.1 Å². The van der Waals surface area contributed by atoms with Crippen LogP contribution in [0.3, 0.4) is 0 Å². The highest BCUT2D eigenvalue weighted by atomic mass is 19.4. The number of aryl methyl sites for hydroxylation is 2. The predicted octanol–water partition coefficient (Wildman–Crippen LogP) is 3.95. The van der Waals surface area contributed by atoms with Gasteiger partial charge in [-0.1, -0.05) is 12.1 Å². The smallest absolute Gasteiger partial charge is 0.406 e. The van der Waals surface area contributed by atoms with Crippen LogP contribution in [-0.2, 0) is 11.2 Å². The average Bonchev–Trinajstić information content (AvgIpc) is 3.02. The van der Waals surface area contributed by atoms with E-state index in [4.69, 9.17) is 4.98 Å². The lowest BCUT2D eigenvalue weighted by atomic mass is 10.1. The minimum atomic E-state index is -4.73. The summed E-state index contributed by atoms with van der Waals surface area (Å²) in [4.78, 5) is 30.8. The number of carbonyl (C=O) groups excluding carboxylic acids is 1. The molecule has 11 heteroatoms. The molecule has 3 aromatic rings. The van der Waals surface area contributed by atoms with Crippen molar-refractivity contribution >= 4 is 28.7 Å². The van der Waals surface area contributed by atoms with Crippen molar-refractivity contribution in [2.24, 2.45) is 0 Å². The van der Waals surface area contributed by atoms with Crippen LogP contribution in [0.2, 0.25) is 0 Å². The minimum absolute atomic E-state index is 0.150. The van der Waals surface area contributed by atoms with Crippen molar-refractivity contribution in [3.05, 3.63) is 47.7 Å². The molecule has 35 heavy (non-hydrogen) atoms. The lowest BCUT2D eigenvalue weighted by Gasteiger charge is -2.21. The third kappa shape index (κ3) is 6.78. The molecule has 1 N–H and O–H groups in total. The Morgan fingerprint density at radius 2 is 1.80 bits per heavy atom. The quantitative estimate of drug-likeness (QED) is 0.563. The van der Waals surface area contributed by atoms with Crippen molar-refractivity contribution in [2.45, 2.75) is 32.5 Å². The van der Waals surface area contributed by atoms with E-state index >= 15 is 0 Å². The zero-order valence-corrected chi connectivity index (χ0v) is 19.6. The fourth-order valence-corrected chi connectivity index (χ4v) is 3.92. The molecular formula is C24H27F3N6O2. The Kier molecular flexibility index (Phi) is 7.34. The van der Waals surface area contributed by atoms with Gasteiger partial charge in [-0.25, -0.2) is 15.0 Å². The molecular weight excluding hydrogens is 461 g/mol. The standard InChI is InChI=1S/C24H27F3N6O2/c1-16-22-19(29-23(28-16)33-13-3-12-32(2)14-15-33)9-10-20(31-22)30-21(34)11-6-17-4-7-18(8-5-17)35-24(25,26)27/h4-5,7-10H,3,6,11-15H2,1-2H3,(H,30,31,34). The summed E-state index contributed by atoms with van der Waals surface area (Å²) in [5.41, 5.74) is 2.79. The van der Waals surface area contributed by atoms with E-state index in [1.54, 1.807) is 6.07 Å². The van der Waals surface area contributed by atoms with E-state index < -0.39 is 6.36 Å². The molecule has 8 nitrogen and oxygen atoms in total. The van der Waals surface area contributed by atoms with Gasteiger partial charge in [-0.2, -0.15) is 0 Å². The van der Waals surface area contributed by atoms with Crippen LogP contribution < -0.4 is 15.0 Å². The molecule has 0 bridgehead atoms. The second kappa shape index (κ2) is 10.4. The lowest BCUT2D eigenvalue weighted by Crippen LogP contribution is -2.30. The second-order valence-corrected chi connectivity index (χ2v) is 8.56. The summed E-state index contributed by atoms with van der Waals surface area (Å²) in [5.74, 6) is 0.536. The first-order valence-electron chi connectivity index (χ1n) is 11.4. The van der Waals surface area contributed by atoms with Crippen molar-refractivity contribution in [3.8, 4) is 5.75 Å². The highest BCUT2D eigenvalue weighted by Gasteiger charge is 2.31. The van der Waals surface area contributed by atoms with E-state index in [-0.39, 0.29) is 18.1 Å². The number of pyridine rings is 1. The summed E-state index contributed by atoms with van der Waals surface area (Å²) in [5, 5.41) is 2.77. The number of aromatic nitrogens is 3. The van der Waals surface area contributed by atoms with Gasteiger partial charge in [0.2, 0.25) is 11.9 Å². The second-order valence-electron chi connectivity index (χ2n) is 8.56. The molecule has 4 rings (SSSR count). The molecule has 0 aliphatic carbocycles. The Hall–Kier alpha value is -3.47. The van der Waals surface area contributed by atoms with Crippen molar-refractivity contribution in [1.29, 1.82) is 0 Å². The number of rotatable bonds is 6. The van der Waals surface area contributed by atoms with Crippen LogP contribution in [0.25, 0.3) is 11.0 Å². The number of ether oxygens (including phenoxy) is 1. The molecule has 1 saturated heterocycles. The van der Waals surface area contributed by atoms with E-state index in [9.17, 15) is 18.0 Å². The molecule has 1 aliphatic rings. The summed E-state index contributed by atoms with van der Waals surface area (Å²) in [6, 6.07) is 8.99. The Bertz CT molecular complexity index is 1190. The number of alkyl halides is 3. The number of carbonyl (C=O) groups is 1. The zero-order valence-electron chi connectivity index (χ0n) is 19.6. The van der Waals surface area contributed by atoms with Crippen LogP contribution >= 0.6 is 0 Å². The molecule has 1 aromatic carbocycles. The molecule has 1 aliphatic heterocycles. The number of amides is 1. The SMILES string of the molecule is Cc1nc(N2CCCN(C)CC2)nc2ccc(NC(=O)CCc3ccc(OC(F)(F)F)cc3)nc12. The largest absolute Gasteiger partial charge is 0.573 e. The highest BCUT2D eigenvalue weighted by molar-refractivity contribution is 5.91. The molecule has 2 aromatic heterocycles. The number of nitrogens with zero attached hydrogens (tertiary/aromatic N) is 5. The van der Waals surface area contributed by atoms with E-state index in [0.29, 0.717) is 29.2 Å². The third-order valence-corrected chi connectivity index (χ3v) is 5.77. The Labute approximate surface area is 201 Å². The van der Waals surface area contributed by atoms with Gasteiger partial charge in [0.05, 0.1) is 11.2 Å². The summed E-state index contributed by atoms with van der Waals surface area (Å²) >= 11 is 0. The first-order valence-corrected chi connectivity index (χ1v) is 11.4. The van der Waals surface area contributed by atoms with Gasteiger partial charge in [0.25, 0.3) is 0 Å². The summed E-state index contributed by atoms with van der Waals surface area (Å²) in [6.45, 7) is 5.64. The molecule has 0 radical (unpaired) electrons. The minimum Gasteiger partial charge on any atom is -0.406 e. The number of hydrogen-bond acceptors (Lipinski definition) is 7. The Morgan fingerprint density at radius 1 is 1.03 bits per heavy atom. The van der Waals surface area contributed by atoms with E-state index in [0.717, 1.165) is 43.9 Å². The average molecular weight is 489 g/mol. The third-order valence-electron chi connectivity index (χ3n) is 5.77. The Balaban J connectivity index is 1.37. The predicted molar refractivity (Wildman–Crippen MR) is 126 cm³/mol. The van der Waals surface area contributed by atoms with Gasteiger partial charge < -0.3 is 19.9 Å². The number of fused-ring (bicyclic) bond motifs is 1. The van der Waals surface area contributed by atoms with E-state index in [1.165, 1.54) is 24.3 Å². The number of benzene rings is 1. The van der Waals surface area contributed by atoms with Crippen molar-refractivity contribution in [1.82, 2.24) is 19.9 Å². The highest BCUT2D eigenvalue weighted by Crippen LogP contribution is 2.23. The van der Waals surface area contributed by atoms with Crippen molar-refractivity contribution in [2.75, 3.05) is 43.4 Å². The molecule has 3 heterocycles. The summed E-state index contributed by atoms with van der Waals surface area (Å²) in [7, 11) is 2.11. The number of nitrogens with one attached hydrogen (secondary N) is 1. The lowest BCUT2D eigenvalue weighted by molar-refractivity contribution is -0.274. The maximum atomic E-state index is 12.4. The molecule has 186 valence electrons. The number of halogens is 3. The fourth-order valence-electron chi connectivity index (χ4n) is 3.92. The molecule has 0 spiro atoms. The van der Waals surface area contributed by atoms with Gasteiger partial charge in [-0.3, -0.25) is 4.79 Å². The van der Waals surface area contributed by atoms with E-state index in [2.05, 4.69) is 36.9 Å². The van der Waals surface area contributed by atoms with Crippen LogP contribution in [0.5, 0.6) is 5.75 Å². The van der Waals surface area contributed by atoms with Gasteiger partial charge in [0.15, 0.2) is 0 Å². The van der Waals surface area contributed by atoms with Crippen LogP contribution in [0.4, 0.5) is 24.9 Å². The fraction of sp³-hybridized carbons (Fsp3) is 0.417. The van der Waals surface area contributed by atoms with Crippen molar-refractivity contribution in [3.63, 3.8) is 0 Å². The van der Waals surface area contributed by atoms with Gasteiger partial charge >= 0.3 is 6.36 Å². The van der Waals surface area contributed by atoms with Crippen LogP contribution in [0.15, 0.2) is 36.4 Å². The maximum absolute atomic E-state index is 12.4. The van der Waals surface area contributed by atoms with Crippen molar-refractivity contribution < 1.29 is 22.7 Å². The first-order chi connectivity index (χ1) is 16.7. The molecule has 0 unspecified atom stereocenters. The molecule has 1 amide bonds. The number of anilines is 2. The number of hydrogen-bond donors (Lipinski definition) is 1. The monoisotopic (exact) mass is 488 g/mol. The molecule has 0 atom stereocenters. The van der Waals surface area contributed by atoms with E-state index in [1.807, 2.05) is 13.0 Å². The first kappa shape index (κ1) is 24.6. The Morgan fingerprint density at radius 3 is 2.54 bits per heavy atom. The summed E-state index contributed by atoms with van der Waals surface area (Å²) < 4.78 is 40.7. The molecule has 1 fully saturated rings. The molecule has 0 saturated carbocycles. The van der Waals surface area contributed by atoms with Gasteiger partial charge in [-0.15, -0.1) is 13.2 Å². The topological polar surface area (TPSA) is 83.5 Å². The van der Waals surface area contributed by atoms with Gasteiger partial charge in [-0.05, 0) is 63.2 Å². The van der Waals surface area contributed by atoms with Crippen LogP contribution in [0.1, 0.15) is 24.1 Å². The zero-order chi connectivity index (χ0) is 25.0. The number of likely N-dealkylation sites (N-methyl/N-ethyl adjacent to an activating group) is 1. The van der Waals surface area contributed by atoms with Crippen LogP contribution in [0, 0.1) is 6.92 Å².